The zero-order chi connectivity index (χ0) is 7.66. The summed E-state index contributed by atoms with van der Waals surface area (Å²) in [5.41, 5.74) is 0. The fourth-order valence-electron chi connectivity index (χ4n) is 0.595. The molecule has 0 aromatic carbocycles. The summed E-state index contributed by atoms with van der Waals surface area (Å²) >= 11 is 0. The summed E-state index contributed by atoms with van der Waals surface area (Å²) in [6, 6.07) is 0. The normalized spacial score (nSPS) is 11.3. The number of rotatable bonds is 5. The van der Waals surface area contributed by atoms with Crippen LogP contribution in [0.5, 0.6) is 0 Å². The summed E-state index contributed by atoms with van der Waals surface area (Å²) in [7, 11) is 0. The van der Waals surface area contributed by atoms with Crippen molar-refractivity contribution in [2.24, 2.45) is 0 Å². The van der Waals surface area contributed by atoms with E-state index in [4.69, 9.17) is 0 Å². The zero-order valence-electron chi connectivity index (χ0n) is 6.72. The summed E-state index contributed by atoms with van der Waals surface area (Å²) in [6.45, 7) is 5.80. The fourth-order valence-corrected chi connectivity index (χ4v) is 0.595. The van der Waals surface area contributed by atoms with Crippen molar-refractivity contribution in [3.63, 3.8) is 0 Å². The van der Waals surface area contributed by atoms with Crippen LogP contribution in [0.25, 0.3) is 0 Å². The zero-order valence-corrected chi connectivity index (χ0v) is 6.72. The maximum atomic E-state index is 3.62. The molecule has 0 aromatic rings. The summed E-state index contributed by atoms with van der Waals surface area (Å²) < 4.78 is 0. The van der Waals surface area contributed by atoms with Gasteiger partial charge in [-0.2, -0.15) is 0 Å². The van der Waals surface area contributed by atoms with Crippen LogP contribution in [0.15, 0.2) is 37.0 Å². The number of hydrogen-bond acceptors (Lipinski definition) is 0. The van der Waals surface area contributed by atoms with Gasteiger partial charge in [0.05, 0.1) is 0 Å². The average molecular weight is 136 g/mol. The van der Waals surface area contributed by atoms with Gasteiger partial charge in [0, 0.05) is 0 Å². The molecule has 0 saturated heterocycles. The van der Waals surface area contributed by atoms with E-state index in [1.807, 2.05) is 6.08 Å². The quantitative estimate of drug-likeness (QED) is 0.401. The van der Waals surface area contributed by atoms with Crippen molar-refractivity contribution in [2.75, 3.05) is 0 Å². The summed E-state index contributed by atoms with van der Waals surface area (Å²) in [5.74, 6) is 0. The van der Waals surface area contributed by atoms with Gasteiger partial charge < -0.3 is 0 Å². The lowest BCUT2D eigenvalue weighted by Gasteiger charge is -1.80. The third kappa shape index (κ3) is 7.22. The first kappa shape index (κ1) is 9.22. The van der Waals surface area contributed by atoms with E-state index in [0.717, 1.165) is 6.42 Å². The summed E-state index contributed by atoms with van der Waals surface area (Å²) in [4.78, 5) is 0. The predicted octanol–water partition coefficient (Wildman–Crippen LogP) is 3.48. The molecule has 0 spiro atoms. The molecule has 0 heterocycles. The first-order valence-corrected chi connectivity index (χ1v) is 3.84. The lowest BCUT2D eigenvalue weighted by Crippen LogP contribution is -1.59. The fraction of sp³-hybridized carbons (Fsp3) is 0.400. The molecule has 0 aliphatic carbocycles. The minimum absolute atomic E-state index is 0.969. The maximum absolute atomic E-state index is 3.62. The van der Waals surface area contributed by atoms with Gasteiger partial charge in [-0.25, -0.2) is 0 Å². The van der Waals surface area contributed by atoms with Gasteiger partial charge in [-0.1, -0.05) is 43.7 Å². The van der Waals surface area contributed by atoms with E-state index in [2.05, 4.69) is 37.8 Å². The second-order valence-corrected chi connectivity index (χ2v) is 2.17. The standard InChI is InChI=1S/C10H16/c1-3-5-7-9-10-8-6-4-2/h3,7-10H,1,4-6H2,2H3/b9-7+,10-8+. The molecule has 0 saturated carbocycles. The largest absolute Gasteiger partial charge is 0.103 e. The molecule has 0 heteroatoms. The van der Waals surface area contributed by atoms with Gasteiger partial charge in [0.15, 0.2) is 0 Å². The minimum atomic E-state index is 0.969. The van der Waals surface area contributed by atoms with E-state index in [0.29, 0.717) is 0 Å². The highest BCUT2D eigenvalue weighted by Crippen LogP contribution is 1.89. The van der Waals surface area contributed by atoms with E-state index in [9.17, 15) is 0 Å². The second kappa shape index (κ2) is 8.22. The molecule has 0 rings (SSSR count). The molecule has 0 aliphatic rings. The van der Waals surface area contributed by atoms with Gasteiger partial charge in [-0.3, -0.25) is 0 Å². The first-order chi connectivity index (χ1) is 4.91. The highest BCUT2D eigenvalue weighted by molar-refractivity contribution is 5.03. The lowest BCUT2D eigenvalue weighted by atomic mass is 10.3. The Hall–Kier alpha value is -0.780. The molecule has 0 bridgehead atoms. The molecule has 0 unspecified atom stereocenters. The van der Waals surface area contributed by atoms with Crippen molar-refractivity contribution in [2.45, 2.75) is 26.2 Å². The van der Waals surface area contributed by atoms with Gasteiger partial charge in [0.25, 0.3) is 0 Å². The SMILES string of the molecule is C=CC/C=C/C=C/CCC. The molecule has 0 radical (unpaired) electrons. The van der Waals surface area contributed by atoms with Crippen LogP contribution in [0.1, 0.15) is 26.2 Å². The third-order valence-corrected chi connectivity index (χ3v) is 1.14. The van der Waals surface area contributed by atoms with Crippen molar-refractivity contribution in [1.29, 1.82) is 0 Å². The molecule has 0 amide bonds. The molecule has 10 heavy (non-hydrogen) atoms. The molecule has 56 valence electrons. The smallest absolute Gasteiger partial charge is 0.0169 e. The molecule has 0 aromatic heterocycles. The van der Waals surface area contributed by atoms with Crippen LogP contribution in [-0.4, -0.2) is 0 Å². The molecule has 0 fully saturated rings. The van der Waals surface area contributed by atoms with Crippen molar-refractivity contribution in [3.8, 4) is 0 Å². The van der Waals surface area contributed by atoms with Crippen LogP contribution in [0.3, 0.4) is 0 Å². The molecule has 0 atom stereocenters. The summed E-state index contributed by atoms with van der Waals surface area (Å²) in [6.07, 6.45) is 13.7. The minimum Gasteiger partial charge on any atom is -0.103 e. The number of unbranched alkanes of at least 4 members (excludes halogenated alkanes) is 1. The van der Waals surface area contributed by atoms with Crippen LogP contribution < -0.4 is 0 Å². The van der Waals surface area contributed by atoms with Crippen molar-refractivity contribution in [3.05, 3.63) is 37.0 Å². The van der Waals surface area contributed by atoms with Gasteiger partial charge in [-0.05, 0) is 12.8 Å². The Morgan fingerprint density at radius 2 is 1.90 bits per heavy atom. The molecule has 0 aliphatic heterocycles. The van der Waals surface area contributed by atoms with Gasteiger partial charge in [0.2, 0.25) is 0 Å². The van der Waals surface area contributed by atoms with Crippen molar-refractivity contribution >= 4 is 0 Å². The average Bonchev–Trinajstić information content (AvgIpc) is 1.97. The van der Waals surface area contributed by atoms with Gasteiger partial charge >= 0.3 is 0 Å². The van der Waals surface area contributed by atoms with Crippen LogP contribution in [0.2, 0.25) is 0 Å². The Labute approximate surface area is 64.0 Å². The monoisotopic (exact) mass is 136 g/mol. The highest BCUT2D eigenvalue weighted by atomic mass is 13.8. The Morgan fingerprint density at radius 1 is 1.20 bits per heavy atom. The van der Waals surface area contributed by atoms with Crippen molar-refractivity contribution < 1.29 is 0 Å². The van der Waals surface area contributed by atoms with Crippen LogP contribution >= 0.6 is 0 Å². The Balaban J connectivity index is 3.22. The first-order valence-electron chi connectivity index (χ1n) is 3.84. The van der Waals surface area contributed by atoms with Crippen LogP contribution in [-0.2, 0) is 0 Å². The van der Waals surface area contributed by atoms with E-state index < -0.39 is 0 Å². The topological polar surface area (TPSA) is 0 Å². The van der Waals surface area contributed by atoms with E-state index in [1.54, 1.807) is 0 Å². The van der Waals surface area contributed by atoms with E-state index in [1.165, 1.54) is 12.8 Å². The molecular formula is C10H16. The predicted molar refractivity (Wildman–Crippen MR) is 48.0 cm³/mol. The van der Waals surface area contributed by atoms with Crippen molar-refractivity contribution in [1.82, 2.24) is 0 Å². The molecule has 0 nitrogen and oxygen atoms in total. The lowest BCUT2D eigenvalue weighted by molar-refractivity contribution is 0.959. The van der Waals surface area contributed by atoms with Crippen LogP contribution in [0.4, 0.5) is 0 Å². The van der Waals surface area contributed by atoms with E-state index >= 15 is 0 Å². The maximum Gasteiger partial charge on any atom is -0.0169 e. The second-order valence-electron chi connectivity index (χ2n) is 2.17. The summed E-state index contributed by atoms with van der Waals surface area (Å²) in [5, 5.41) is 0. The Kier molecular flexibility index (Phi) is 7.58. The van der Waals surface area contributed by atoms with Gasteiger partial charge in [-0.15, -0.1) is 6.58 Å². The number of allylic oxidation sites excluding steroid dienone is 5. The molecular weight excluding hydrogens is 120 g/mol. The molecule has 0 N–H and O–H groups in total. The Morgan fingerprint density at radius 3 is 2.50 bits per heavy atom. The third-order valence-electron chi connectivity index (χ3n) is 1.14. The van der Waals surface area contributed by atoms with Crippen LogP contribution in [0, 0.1) is 0 Å². The number of hydrogen-bond donors (Lipinski definition) is 0. The highest BCUT2D eigenvalue weighted by Gasteiger charge is 1.69. The van der Waals surface area contributed by atoms with E-state index in [-0.39, 0.29) is 0 Å². The Bertz CT molecular complexity index is 118. The van der Waals surface area contributed by atoms with Gasteiger partial charge in [0.1, 0.15) is 0 Å².